The summed E-state index contributed by atoms with van der Waals surface area (Å²) in [5.41, 5.74) is 1.45. The van der Waals surface area contributed by atoms with Crippen molar-refractivity contribution in [1.82, 2.24) is 10.2 Å². The first-order valence-electron chi connectivity index (χ1n) is 11.7. The molecule has 0 fully saturated rings. The van der Waals surface area contributed by atoms with Crippen LogP contribution in [0.2, 0.25) is 0 Å². The second-order valence-electron chi connectivity index (χ2n) is 7.33. The molecule has 3 aromatic rings. The molecule has 194 valence electrons. The highest BCUT2D eigenvalue weighted by Crippen LogP contribution is 2.39. The molecule has 2 aromatic carbocycles. The fraction of sp³-hybridized carbons (Fsp3) is 0.400. The van der Waals surface area contributed by atoms with Gasteiger partial charge in [0.2, 0.25) is 16.0 Å². The van der Waals surface area contributed by atoms with Crippen molar-refractivity contribution >= 4 is 27.5 Å². The molecule has 1 heterocycles. The van der Waals surface area contributed by atoms with E-state index in [0.717, 1.165) is 12.0 Å². The van der Waals surface area contributed by atoms with Gasteiger partial charge in [0.05, 0.1) is 34.0 Å². The molecule has 36 heavy (non-hydrogen) atoms. The average molecular weight is 517 g/mol. The number of amides is 1. The second-order valence-corrected chi connectivity index (χ2v) is 8.31. The van der Waals surface area contributed by atoms with Crippen LogP contribution in [0.5, 0.6) is 28.7 Å². The van der Waals surface area contributed by atoms with Gasteiger partial charge in [-0.05, 0) is 57.0 Å². The Morgan fingerprint density at radius 2 is 1.47 bits per heavy atom. The Morgan fingerprint density at radius 3 is 2.08 bits per heavy atom. The lowest BCUT2D eigenvalue weighted by Crippen LogP contribution is -2.13. The Kier molecular flexibility index (Phi) is 9.99. The van der Waals surface area contributed by atoms with Crippen LogP contribution in [0.1, 0.15) is 36.7 Å². The zero-order chi connectivity index (χ0) is 25.9. The van der Waals surface area contributed by atoms with Gasteiger partial charge in [0.1, 0.15) is 0 Å². The summed E-state index contributed by atoms with van der Waals surface area (Å²) in [6.07, 6.45) is 0.744. The van der Waals surface area contributed by atoms with E-state index >= 15 is 0 Å². The number of carbonyl (C=O) groups is 1. The van der Waals surface area contributed by atoms with Crippen LogP contribution >= 0.6 is 11.3 Å². The predicted octanol–water partition coefficient (Wildman–Crippen LogP) is 4.66. The molecular formula is C25H32N4O6S. The third-order valence-corrected chi connectivity index (χ3v) is 5.75. The van der Waals surface area contributed by atoms with Crippen LogP contribution in [0.4, 0.5) is 10.3 Å². The van der Waals surface area contributed by atoms with Gasteiger partial charge in [-0.15, -0.1) is 10.2 Å². The maximum absolute atomic E-state index is 13.0. The van der Waals surface area contributed by atoms with Gasteiger partial charge in [-0.1, -0.05) is 17.4 Å². The highest BCUT2D eigenvalue weighted by Gasteiger charge is 2.19. The Morgan fingerprint density at radius 1 is 0.833 bits per heavy atom. The van der Waals surface area contributed by atoms with Crippen LogP contribution in [0.25, 0.3) is 0 Å². The largest absolute Gasteiger partial charge is 0.493 e. The number of hydrogen-bond acceptors (Lipinski definition) is 10. The molecule has 0 unspecified atom stereocenters. The van der Waals surface area contributed by atoms with Crippen molar-refractivity contribution in [3.63, 3.8) is 0 Å². The van der Waals surface area contributed by atoms with Crippen LogP contribution < -0.4 is 34.3 Å². The van der Waals surface area contributed by atoms with Crippen molar-refractivity contribution < 1.29 is 28.5 Å². The van der Waals surface area contributed by atoms with E-state index in [4.69, 9.17) is 23.7 Å². The second kappa shape index (κ2) is 13.4. The van der Waals surface area contributed by atoms with Gasteiger partial charge in [-0.3, -0.25) is 10.1 Å². The molecule has 1 amide bonds. The van der Waals surface area contributed by atoms with Gasteiger partial charge in [0.15, 0.2) is 23.0 Å². The molecule has 0 aliphatic carbocycles. The van der Waals surface area contributed by atoms with E-state index in [9.17, 15) is 4.79 Å². The molecule has 2 N–H and O–H groups in total. The van der Waals surface area contributed by atoms with E-state index in [1.807, 2.05) is 39.0 Å². The average Bonchev–Trinajstić information content (AvgIpc) is 3.32. The molecule has 11 heteroatoms. The van der Waals surface area contributed by atoms with Gasteiger partial charge in [0, 0.05) is 12.1 Å². The van der Waals surface area contributed by atoms with Gasteiger partial charge < -0.3 is 29.0 Å². The number of nitrogens with one attached hydrogen (secondary N) is 2. The minimum Gasteiger partial charge on any atom is -0.493 e. The lowest BCUT2D eigenvalue weighted by Gasteiger charge is -2.16. The number of ether oxygens (including phenoxy) is 5. The Labute approximate surface area is 214 Å². The summed E-state index contributed by atoms with van der Waals surface area (Å²) in [6, 6.07) is 9.07. The lowest BCUT2D eigenvalue weighted by molar-refractivity contribution is 0.102. The standard InChI is InChI=1S/C25H32N4O6S/c1-6-33-20-14-17(15-21(34-7-2)22(20)35-8-3)23(30)27-25-29-28-24(36-25)26-12-11-16-9-10-18(31-4)19(13-16)32-5/h9-10,13-15H,6-8,11-12H2,1-5H3,(H,26,28)(H,27,29,30). The lowest BCUT2D eigenvalue weighted by atomic mass is 10.1. The van der Waals surface area contributed by atoms with E-state index in [1.54, 1.807) is 26.4 Å². The van der Waals surface area contributed by atoms with Crippen LogP contribution in [0.15, 0.2) is 30.3 Å². The number of rotatable bonds is 14. The fourth-order valence-corrected chi connectivity index (χ4v) is 4.05. The number of benzene rings is 2. The highest BCUT2D eigenvalue weighted by molar-refractivity contribution is 7.19. The summed E-state index contributed by atoms with van der Waals surface area (Å²) in [5.74, 6) is 2.40. The summed E-state index contributed by atoms with van der Waals surface area (Å²) in [5, 5.41) is 15.2. The van der Waals surface area contributed by atoms with Crippen molar-refractivity contribution in [1.29, 1.82) is 0 Å². The number of anilines is 2. The first kappa shape index (κ1) is 26.9. The molecule has 0 radical (unpaired) electrons. The molecule has 0 bridgehead atoms. The minimum absolute atomic E-state index is 0.354. The fourth-order valence-electron chi connectivity index (χ4n) is 3.38. The van der Waals surface area contributed by atoms with E-state index in [-0.39, 0.29) is 5.91 Å². The maximum atomic E-state index is 13.0. The van der Waals surface area contributed by atoms with Crippen LogP contribution in [0, 0.1) is 0 Å². The monoisotopic (exact) mass is 516 g/mol. The number of nitrogens with zero attached hydrogens (tertiary/aromatic N) is 2. The third-order valence-electron chi connectivity index (χ3n) is 4.95. The van der Waals surface area contributed by atoms with Crippen LogP contribution in [-0.4, -0.2) is 56.7 Å². The highest BCUT2D eigenvalue weighted by atomic mass is 32.1. The first-order valence-corrected chi connectivity index (χ1v) is 12.5. The van der Waals surface area contributed by atoms with E-state index in [2.05, 4.69) is 20.8 Å². The van der Waals surface area contributed by atoms with Crippen molar-refractivity contribution in [2.75, 3.05) is 51.2 Å². The Bertz CT molecular complexity index is 1130. The van der Waals surface area contributed by atoms with Crippen molar-refractivity contribution in [3.8, 4) is 28.7 Å². The summed E-state index contributed by atoms with van der Waals surface area (Å²) in [7, 11) is 3.22. The number of methoxy groups -OCH3 is 2. The normalized spacial score (nSPS) is 10.5. The van der Waals surface area contributed by atoms with Crippen LogP contribution in [0.3, 0.4) is 0 Å². The van der Waals surface area contributed by atoms with Gasteiger partial charge >= 0.3 is 0 Å². The Hall–Kier alpha value is -3.73. The molecule has 0 aliphatic heterocycles. The van der Waals surface area contributed by atoms with E-state index < -0.39 is 0 Å². The molecule has 10 nitrogen and oxygen atoms in total. The molecule has 0 atom stereocenters. The number of hydrogen-bond donors (Lipinski definition) is 2. The number of aromatic nitrogens is 2. The molecule has 1 aromatic heterocycles. The maximum Gasteiger partial charge on any atom is 0.257 e. The SMILES string of the molecule is CCOc1cc(C(=O)Nc2nnc(NCCc3ccc(OC)c(OC)c3)s2)cc(OCC)c1OCC. The first-order chi connectivity index (χ1) is 17.5. The van der Waals surface area contributed by atoms with E-state index in [1.165, 1.54) is 11.3 Å². The summed E-state index contributed by atoms with van der Waals surface area (Å²) >= 11 is 1.25. The smallest absolute Gasteiger partial charge is 0.257 e. The van der Waals surface area contributed by atoms with Crippen molar-refractivity contribution in [3.05, 3.63) is 41.5 Å². The predicted molar refractivity (Wildman–Crippen MR) is 140 cm³/mol. The van der Waals surface area contributed by atoms with Crippen molar-refractivity contribution in [2.45, 2.75) is 27.2 Å². The minimum atomic E-state index is -0.354. The third kappa shape index (κ3) is 6.91. The molecular weight excluding hydrogens is 484 g/mol. The van der Waals surface area contributed by atoms with Gasteiger partial charge in [-0.2, -0.15) is 0 Å². The molecule has 0 saturated carbocycles. The molecule has 0 saturated heterocycles. The number of carbonyl (C=O) groups excluding carboxylic acids is 1. The Balaban J connectivity index is 1.64. The summed E-state index contributed by atoms with van der Waals surface area (Å²) in [6.45, 7) is 7.52. The van der Waals surface area contributed by atoms with Crippen LogP contribution in [-0.2, 0) is 6.42 Å². The van der Waals surface area contributed by atoms with Gasteiger partial charge in [-0.25, -0.2) is 0 Å². The molecule has 0 aliphatic rings. The summed E-state index contributed by atoms with van der Waals surface area (Å²) < 4.78 is 27.7. The molecule has 0 spiro atoms. The van der Waals surface area contributed by atoms with E-state index in [0.29, 0.717) is 70.9 Å². The zero-order valence-corrected chi connectivity index (χ0v) is 22.0. The quantitative estimate of drug-likeness (QED) is 0.316. The zero-order valence-electron chi connectivity index (χ0n) is 21.2. The van der Waals surface area contributed by atoms with Gasteiger partial charge in [0.25, 0.3) is 5.91 Å². The van der Waals surface area contributed by atoms with Crippen molar-refractivity contribution in [2.24, 2.45) is 0 Å². The summed E-state index contributed by atoms with van der Waals surface area (Å²) in [4.78, 5) is 13.0. The molecule has 3 rings (SSSR count). The topological polar surface area (TPSA) is 113 Å².